The van der Waals surface area contributed by atoms with Crippen LogP contribution in [0.25, 0.3) is 0 Å². The standard InChI is InChI=1S/C32H44N6/c1-2-8-28(9-3-1)16-19-33-24-29-12-14-30(15-13-29)27-38(22-20-34-25-31-10-4-6-17-36-31)23-21-35-26-32-11-5-7-18-37-32/h4-8,10-15,17-18,33-35H,1-3,9,16,19-27H2. The maximum Gasteiger partial charge on any atom is 0.0541 e. The van der Waals surface area contributed by atoms with Gasteiger partial charge < -0.3 is 16.0 Å². The van der Waals surface area contributed by atoms with Crippen molar-refractivity contribution in [2.24, 2.45) is 0 Å². The molecule has 0 fully saturated rings. The fraction of sp³-hybridized carbons (Fsp3) is 0.438. The first-order valence-electron chi connectivity index (χ1n) is 14.3. The zero-order chi connectivity index (χ0) is 26.1. The van der Waals surface area contributed by atoms with Crippen molar-refractivity contribution >= 4 is 0 Å². The fourth-order valence-electron chi connectivity index (χ4n) is 4.82. The summed E-state index contributed by atoms with van der Waals surface area (Å²) in [4.78, 5) is 11.3. The van der Waals surface area contributed by atoms with Gasteiger partial charge in [-0.05, 0) is 74.0 Å². The number of hydrogen-bond donors (Lipinski definition) is 3. The molecule has 202 valence electrons. The van der Waals surface area contributed by atoms with Crippen molar-refractivity contribution in [1.82, 2.24) is 30.8 Å². The molecule has 0 spiro atoms. The van der Waals surface area contributed by atoms with Crippen LogP contribution in [0.5, 0.6) is 0 Å². The van der Waals surface area contributed by atoms with Crippen LogP contribution in [0.2, 0.25) is 0 Å². The monoisotopic (exact) mass is 512 g/mol. The van der Waals surface area contributed by atoms with Gasteiger partial charge in [-0.15, -0.1) is 0 Å². The Bertz CT molecular complexity index is 1000. The van der Waals surface area contributed by atoms with E-state index >= 15 is 0 Å². The third kappa shape index (κ3) is 10.8. The van der Waals surface area contributed by atoms with Crippen molar-refractivity contribution in [3.05, 3.63) is 107 Å². The predicted octanol–water partition coefficient (Wildman–Crippen LogP) is 4.84. The van der Waals surface area contributed by atoms with Crippen LogP contribution in [0.1, 0.15) is 54.6 Å². The van der Waals surface area contributed by atoms with E-state index in [-0.39, 0.29) is 0 Å². The van der Waals surface area contributed by atoms with Gasteiger partial charge in [0, 0.05) is 64.8 Å². The van der Waals surface area contributed by atoms with E-state index in [4.69, 9.17) is 0 Å². The van der Waals surface area contributed by atoms with Gasteiger partial charge in [0.2, 0.25) is 0 Å². The summed E-state index contributed by atoms with van der Waals surface area (Å²) in [7, 11) is 0. The summed E-state index contributed by atoms with van der Waals surface area (Å²) in [6.07, 6.45) is 12.6. The summed E-state index contributed by atoms with van der Waals surface area (Å²) in [6.45, 7) is 8.36. The van der Waals surface area contributed by atoms with Crippen LogP contribution >= 0.6 is 0 Å². The number of benzene rings is 1. The van der Waals surface area contributed by atoms with Crippen molar-refractivity contribution < 1.29 is 0 Å². The predicted molar refractivity (Wildman–Crippen MR) is 156 cm³/mol. The second kappa shape index (κ2) is 16.8. The molecule has 1 aromatic carbocycles. The van der Waals surface area contributed by atoms with Gasteiger partial charge in [0.25, 0.3) is 0 Å². The van der Waals surface area contributed by atoms with E-state index in [1.165, 1.54) is 43.2 Å². The van der Waals surface area contributed by atoms with Crippen molar-refractivity contribution in [1.29, 1.82) is 0 Å². The Morgan fingerprint density at radius 3 is 1.87 bits per heavy atom. The van der Waals surface area contributed by atoms with Gasteiger partial charge in [-0.2, -0.15) is 0 Å². The van der Waals surface area contributed by atoms with Crippen LogP contribution in [-0.2, 0) is 26.2 Å². The fourth-order valence-corrected chi connectivity index (χ4v) is 4.82. The molecule has 6 nitrogen and oxygen atoms in total. The van der Waals surface area contributed by atoms with Gasteiger partial charge in [-0.1, -0.05) is 48.0 Å². The minimum atomic E-state index is 0.797. The zero-order valence-corrected chi connectivity index (χ0v) is 22.7. The van der Waals surface area contributed by atoms with Gasteiger partial charge in [0.1, 0.15) is 0 Å². The van der Waals surface area contributed by atoms with E-state index in [2.05, 4.69) is 73.3 Å². The smallest absolute Gasteiger partial charge is 0.0541 e. The largest absolute Gasteiger partial charge is 0.312 e. The highest BCUT2D eigenvalue weighted by Crippen LogP contribution is 2.19. The zero-order valence-electron chi connectivity index (χ0n) is 22.7. The molecule has 3 aromatic rings. The molecule has 0 radical (unpaired) electrons. The molecule has 0 bridgehead atoms. The number of aromatic nitrogens is 2. The summed E-state index contributed by atoms with van der Waals surface area (Å²) in [6, 6.07) is 21.3. The molecule has 4 rings (SSSR count). The maximum absolute atomic E-state index is 4.41. The molecular weight excluding hydrogens is 468 g/mol. The van der Waals surface area contributed by atoms with Gasteiger partial charge in [0.15, 0.2) is 0 Å². The third-order valence-corrected chi connectivity index (χ3v) is 7.04. The molecule has 2 heterocycles. The Balaban J connectivity index is 1.20. The van der Waals surface area contributed by atoms with Crippen molar-refractivity contribution in [2.75, 3.05) is 32.7 Å². The Morgan fingerprint density at radius 2 is 1.29 bits per heavy atom. The van der Waals surface area contributed by atoms with Crippen LogP contribution < -0.4 is 16.0 Å². The Hall–Kier alpha value is -2.90. The lowest BCUT2D eigenvalue weighted by molar-refractivity contribution is 0.263. The summed E-state index contributed by atoms with van der Waals surface area (Å²) in [5, 5.41) is 10.7. The molecule has 0 saturated carbocycles. The van der Waals surface area contributed by atoms with Gasteiger partial charge in [-0.3, -0.25) is 14.9 Å². The van der Waals surface area contributed by atoms with Crippen LogP contribution in [-0.4, -0.2) is 47.6 Å². The van der Waals surface area contributed by atoms with Crippen molar-refractivity contribution in [2.45, 2.75) is 58.3 Å². The first-order chi connectivity index (χ1) is 18.8. The third-order valence-electron chi connectivity index (χ3n) is 7.04. The van der Waals surface area contributed by atoms with E-state index in [9.17, 15) is 0 Å². The lowest BCUT2D eigenvalue weighted by atomic mass is 9.97. The summed E-state index contributed by atoms with van der Waals surface area (Å²) >= 11 is 0. The summed E-state index contributed by atoms with van der Waals surface area (Å²) < 4.78 is 0. The quantitative estimate of drug-likeness (QED) is 0.178. The maximum atomic E-state index is 4.41. The molecule has 0 unspecified atom stereocenters. The van der Waals surface area contributed by atoms with E-state index in [0.29, 0.717) is 0 Å². The highest BCUT2D eigenvalue weighted by molar-refractivity contribution is 5.22. The molecule has 2 aromatic heterocycles. The average Bonchev–Trinajstić information content (AvgIpc) is 2.98. The van der Waals surface area contributed by atoms with Gasteiger partial charge in [-0.25, -0.2) is 0 Å². The summed E-state index contributed by atoms with van der Waals surface area (Å²) in [5.74, 6) is 0. The Labute approximate surface area is 229 Å². The second-order valence-corrected chi connectivity index (χ2v) is 10.1. The number of pyridine rings is 2. The van der Waals surface area contributed by atoms with E-state index < -0.39 is 0 Å². The van der Waals surface area contributed by atoms with Crippen LogP contribution in [0.3, 0.4) is 0 Å². The average molecular weight is 513 g/mol. The number of rotatable bonds is 17. The van der Waals surface area contributed by atoms with E-state index in [0.717, 1.165) is 70.3 Å². The first kappa shape index (κ1) is 28.1. The highest BCUT2D eigenvalue weighted by atomic mass is 15.1. The minimum absolute atomic E-state index is 0.797. The molecule has 38 heavy (non-hydrogen) atoms. The minimum Gasteiger partial charge on any atom is -0.312 e. The second-order valence-electron chi connectivity index (χ2n) is 10.1. The lowest BCUT2D eigenvalue weighted by Crippen LogP contribution is -2.36. The van der Waals surface area contributed by atoms with Crippen LogP contribution in [0.15, 0.2) is 84.7 Å². The van der Waals surface area contributed by atoms with Gasteiger partial charge >= 0.3 is 0 Å². The number of allylic oxidation sites excluding steroid dienone is 1. The normalized spacial score (nSPS) is 13.6. The SMILES string of the molecule is C1=C(CCNCc2ccc(CN(CCNCc3ccccn3)CCNCc3ccccn3)cc2)CCCC1. The molecule has 0 atom stereocenters. The molecule has 6 heteroatoms. The molecule has 3 N–H and O–H groups in total. The van der Waals surface area contributed by atoms with Gasteiger partial charge in [0.05, 0.1) is 11.4 Å². The lowest BCUT2D eigenvalue weighted by Gasteiger charge is -2.23. The van der Waals surface area contributed by atoms with E-state index in [1.807, 2.05) is 36.7 Å². The number of hydrogen-bond acceptors (Lipinski definition) is 6. The molecule has 0 saturated heterocycles. The topological polar surface area (TPSA) is 65.1 Å². The van der Waals surface area contributed by atoms with Crippen LogP contribution in [0, 0.1) is 0 Å². The molecule has 1 aliphatic rings. The first-order valence-corrected chi connectivity index (χ1v) is 14.3. The molecular formula is C32H44N6. The summed E-state index contributed by atoms with van der Waals surface area (Å²) in [5.41, 5.74) is 6.51. The Morgan fingerprint density at radius 1 is 0.658 bits per heavy atom. The Kier molecular flexibility index (Phi) is 12.5. The van der Waals surface area contributed by atoms with Crippen LogP contribution in [0.4, 0.5) is 0 Å². The van der Waals surface area contributed by atoms with E-state index in [1.54, 1.807) is 5.57 Å². The molecule has 1 aliphatic carbocycles. The van der Waals surface area contributed by atoms with Crippen molar-refractivity contribution in [3.8, 4) is 0 Å². The van der Waals surface area contributed by atoms with Crippen molar-refractivity contribution in [3.63, 3.8) is 0 Å². The molecule has 0 amide bonds. The molecule has 0 aliphatic heterocycles. The number of nitrogens with zero attached hydrogens (tertiary/aromatic N) is 3. The highest BCUT2D eigenvalue weighted by Gasteiger charge is 2.07. The number of nitrogens with one attached hydrogen (secondary N) is 3.